The maximum absolute atomic E-state index is 12.1. The lowest BCUT2D eigenvalue weighted by Gasteiger charge is -2.27. The first kappa shape index (κ1) is 23.7. The van der Waals surface area contributed by atoms with Gasteiger partial charge >= 0.3 is 6.18 Å². The Bertz CT molecular complexity index is 561. The number of benzene rings is 1. The van der Waals surface area contributed by atoms with Crippen LogP contribution in [0.2, 0.25) is 0 Å². The molecule has 0 saturated carbocycles. The molecule has 8 heteroatoms. The molecule has 27 heavy (non-hydrogen) atoms. The largest absolute Gasteiger partial charge is 0.411 e. The molecule has 1 unspecified atom stereocenters. The van der Waals surface area contributed by atoms with E-state index in [1.165, 1.54) is 0 Å². The minimum absolute atomic E-state index is 0. The molecule has 2 N–H and O–H groups in total. The number of hydrogen-bond donors (Lipinski definition) is 2. The summed E-state index contributed by atoms with van der Waals surface area (Å²) in [7, 11) is 0. The van der Waals surface area contributed by atoms with Gasteiger partial charge in [0.25, 0.3) is 0 Å². The number of amides is 1. The second-order valence-electron chi connectivity index (χ2n) is 6.97. The zero-order valence-electron chi connectivity index (χ0n) is 15.5. The summed E-state index contributed by atoms with van der Waals surface area (Å²) in [5.41, 5.74) is 1.58. The van der Waals surface area contributed by atoms with Gasteiger partial charge in [0.2, 0.25) is 5.91 Å². The molecule has 0 spiro atoms. The third-order valence-electron chi connectivity index (χ3n) is 4.74. The van der Waals surface area contributed by atoms with Crippen LogP contribution < -0.4 is 10.6 Å². The quantitative estimate of drug-likeness (QED) is 0.687. The molecule has 1 heterocycles. The van der Waals surface area contributed by atoms with Gasteiger partial charge in [0, 0.05) is 13.0 Å². The van der Waals surface area contributed by atoms with Gasteiger partial charge in [-0.2, -0.15) is 13.2 Å². The SMILES string of the molecule is CC(CC(=O)NCc1ccc(COCC(F)(F)F)cc1)C1CCNCC1.Cl. The zero-order chi connectivity index (χ0) is 19.0. The highest BCUT2D eigenvalue weighted by Gasteiger charge is 2.27. The predicted octanol–water partition coefficient (Wildman–Crippen LogP) is 3.83. The molecule has 1 aromatic carbocycles. The number of carbonyl (C=O) groups is 1. The third kappa shape index (κ3) is 9.44. The van der Waals surface area contributed by atoms with Crippen LogP contribution in [0.15, 0.2) is 24.3 Å². The lowest BCUT2D eigenvalue weighted by atomic mass is 9.84. The Kier molecular flexibility index (Phi) is 10.1. The summed E-state index contributed by atoms with van der Waals surface area (Å²) in [5.74, 6) is 0.997. The summed E-state index contributed by atoms with van der Waals surface area (Å²) in [6.45, 7) is 3.26. The standard InChI is InChI=1S/C19H27F3N2O2.ClH/c1-14(17-6-8-23-9-7-17)10-18(25)24-11-15-2-4-16(5-3-15)12-26-13-19(20,21)22;/h2-5,14,17,23H,6-13H2,1H3,(H,24,25);1H. The predicted molar refractivity (Wildman–Crippen MR) is 101 cm³/mol. The second kappa shape index (κ2) is 11.5. The fourth-order valence-electron chi connectivity index (χ4n) is 3.18. The summed E-state index contributed by atoms with van der Waals surface area (Å²) in [6.07, 6.45) is -1.55. The monoisotopic (exact) mass is 408 g/mol. The van der Waals surface area contributed by atoms with E-state index in [1.54, 1.807) is 24.3 Å². The van der Waals surface area contributed by atoms with Gasteiger partial charge in [0.05, 0.1) is 6.61 Å². The molecule has 154 valence electrons. The molecular weight excluding hydrogens is 381 g/mol. The second-order valence-corrected chi connectivity index (χ2v) is 6.97. The normalized spacial score (nSPS) is 16.4. The molecule has 1 aliphatic rings. The molecule has 1 aromatic rings. The molecule has 1 aliphatic heterocycles. The van der Waals surface area contributed by atoms with Gasteiger partial charge in [-0.15, -0.1) is 12.4 Å². The van der Waals surface area contributed by atoms with Gasteiger partial charge < -0.3 is 15.4 Å². The number of hydrogen-bond acceptors (Lipinski definition) is 3. The van der Waals surface area contributed by atoms with E-state index >= 15 is 0 Å². The fourth-order valence-corrected chi connectivity index (χ4v) is 3.18. The average Bonchev–Trinajstić information content (AvgIpc) is 2.61. The van der Waals surface area contributed by atoms with E-state index in [-0.39, 0.29) is 24.9 Å². The smallest absolute Gasteiger partial charge is 0.367 e. The van der Waals surface area contributed by atoms with Crippen LogP contribution in [0.3, 0.4) is 0 Å². The van der Waals surface area contributed by atoms with Crippen LogP contribution in [0.5, 0.6) is 0 Å². The molecule has 0 aliphatic carbocycles. The number of carbonyl (C=O) groups excluding carboxylic acids is 1. The third-order valence-corrected chi connectivity index (χ3v) is 4.74. The van der Waals surface area contributed by atoms with Gasteiger partial charge in [0.1, 0.15) is 6.61 Å². The Hall–Kier alpha value is -1.31. The minimum atomic E-state index is -4.31. The van der Waals surface area contributed by atoms with Crippen LogP contribution in [0.1, 0.15) is 37.3 Å². The van der Waals surface area contributed by atoms with E-state index in [1.807, 2.05) is 0 Å². The number of ether oxygens (including phenoxy) is 1. The molecular formula is C19H28ClF3N2O2. The van der Waals surface area contributed by atoms with Gasteiger partial charge in [-0.3, -0.25) is 4.79 Å². The first-order valence-corrected chi connectivity index (χ1v) is 9.03. The highest BCUT2D eigenvalue weighted by Crippen LogP contribution is 2.24. The van der Waals surface area contributed by atoms with Gasteiger partial charge in [-0.25, -0.2) is 0 Å². The maximum Gasteiger partial charge on any atom is 0.411 e. The molecule has 0 aromatic heterocycles. The Morgan fingerprint density at radius 1 is 1.22 bits per heavy atom. The Balaban J connectivity index is 0.00000364. The summed E-state index contributed by atoms with van der Waals surface area (Å²) in [5, 5.41) is 6.25. The van der Waals surface area contributed by atoms with Crippen molar-refractivity contribution in [2.24, 2.45) is 11.8 Å². The molecule has 1 fully saturated rings. The van der Waals surface area contributed by atoms with Crippen molar-refractivity contribution in [3.8, 4) is 0 Å². The first-order chi connectivity index (χ1) is 12.3. The lowest BCUT2D eigenvalue weighted by molar-refractivity contribution is -0.176. The van der Waals surface area contributed by atoms with E-state index in [4.69, 9.17) is 0 Å². The molecule has 0 radical (unpaired) electrons. The van der Waals surface area contributed by atoms with Crippen molar-refractivity contribution in [1.82, 2.24) is 10.6 Å². The van der Waals surface area contributed by atoms with Crippen molar-refractivity contribution >= 4 is 18.3 Å². The van der Waals surface area contributed by atoms with Gasteiger partial charge in [-0.05, 0) is 48.9 Å². The van der Waals surface area contributed by atoms with Crippen LogP contribution in [0.4, 0.5) is 13.2 Å². The summed E-state index contributed by atoms with van der Waals surface area (Å²) in [6, 6.07) is 7.02. The Morgan fingerprint density at radius 3 is 2.41 bits per heavy atom. The number of halogens is 4. The van der Waals surface area contributed by atoms with Crippen LogP contribution in [0, 0.1) is 11.8 Å². The van der Waals surface area contributed by atoms with E-state index in [0.29, 0.717) is 30.4 Å². The number of piperidine rings is 1. The van der Waals surface area contributed by atoms with E-state index in [0.717, 1.165) is 31.5 Å². The fraction of sp³-hybridized carbons (Fsp3) is 0.632. The van der Waals surface area contributed by atoms with Crippen LogP contribution >= 0.6 is 12.4 Å². The number of nitrogens with one attached hydrogen (secondary N) is 2. The van der Waals surface area contributed by atoms with Crippen LogP contribution in [-0.4, -0.2) is 31.8 Å². The average molecular weight is 409 g/mol. The van der Waals surface area contributed by atoms with Gasteiger partial charge in [-0.1, -0.05) is 31.2 Å². The molecule has 2 rings (SSSR count). The molecule has 1 atom stereocenters. The molecule has 1 amide bonds. The zero-order valence-corrected chi connectivity index (χ0v) is 16.3. The summed E-state index contributed by atoms with van der Waals surface area (Å²) in [4.78, 5) is 12.1. The van der Waals surface area contributed by atoms with E-state index in [2.05, 4.69) is 22.3 Å². The first-order valence-electron chi connectivity index (χ1n) is 9.03. The van der Waals surface area contributed by atoms with Crippen molar-refractivity contribution in [3.05, 3.63) is 35.4 Å². The van der Waals surface area contributed by atoms with Crippen molar-refractivity contribution in [3.63, 3.8) is 0 Å². The van der Waals surface area contributed by atoms with Crippen molar-refractivity contribution in [2.75, 3.05) is 19.7 Å². The number of rotatable bonds is 8. The number of alkyl halides is 3. The van der Waals surface area contributed by atoms with Crippen molar-refractivity contribution in [2.45, 2.75) is 45.5 Å². The molecule has 4 nitrogen and oxygen atoms in total. The highest BCUT2D eigenvalue weighted by atomic mass is 35.5. The summed E-state index contributed by atoms with van der Waals surface area (Å²) >= 11 is 0. The van der Waals surface area contributed by atoms with Gasteiger partial charge in [0.15, 0.2) is 0 Å². The Labute approximate surface area is 164 Å². The summed E-state index contributed by atoms with van der Waals surface area (Å²) < 4.78 is 40.7. The lowest BCUT2D eigenvalue weighted by Crippen LogP contribution is -2.33. The Morgan fingerprint density at radius 2 is 1.81 bits per heavy atom. The molecule has 1 saturated heterocycles. The van der Waals surface area contributed by atoms with Crippen LogP contribution in [-0.2, 0) is 22.7 Å². The molecule has 0 bridgehead atoms. The van der Waals surface area contributed by atoms with E-state index in [9.17, 15) is 18.0 Å². The maximum atomic E-state index is 12.1. The minimum Gasteiger partial charge on any atom is -0.367 e. The topological polar surface area (TPSA) is 50.4 Å². The van der Waals surface area contributed by atoms with Crippen molar-refractivity contribution in [1.29, 1.82) is 0 Å². The van der Waals surface area contributed by atoms with Crippen LogP contribution in [0.25, 0.3) is 0 Å². The highest BCUT2D eigenvalue weighted by molar-refractivity contribution is 5.85. The van der Waals surface area contributed by atoms with Crippen molar-refractivity contribution < 1.29 is 22.7 Å². The van der Waals surface area contributed by atoms with E-state index < -0.39 is 12.8 Å².